The second-order valence-electron chi connectivity index (χ2n) is 3.25. The quantitative estimate of drug-likeness (QED) is 0.852. The zero-order valence-corrected chi connectivity index (χ0v) is 9.94. The fourth-order valence-corrected chi connectivity index (χ4v) is 2.25. The third-order valence-corrected chi connectivity index (χ3v) is 3.21. The normalized spacial score (nSPS) is 22.3. The van der Waals surface area contributed by atoms with Crippen LogP contribution in [0.15, 0.2) is 22.7 Å². The number of hydrogen-bond donors (Lipinski definition) is 1. The van der Waals surface area contributed by atoms with Crippen LogP contribution in [0.2, 0.25) is 5.02 Å². The molecular weight excluding hydrogens is 265 g/mol. The van der Waals surface area contributed by atoms with Crippen molar-refractivity contribution < 1.29 is 4.74 Å². The summed E-state index contributed by atoms with van der Waals surface area (Å²) in [6.45, 7) is 2.39. The molecule has 1 aliphatic heterocycles. The highest BCUT2D eigenvalue weighted by atomic mass is 79.9. The highest BCUT2D eigenvalue weighted by Gasteiger charge is 2.17. The number of nitrogens with one attached hydrogen (secondary N) is 1. The van der Waals surface area contributed by atoms with Crippen LogP contribution in [0.1, 0.15) is 11.6 Å². The Kier molecular flexibility index (Phi) is 3.44. The number of rotatable bonds is 1. The maximum absolute atomic E-state index is 5.95. The molecule has 1 atom stereocenters. The van der Waals surface area contributed by atoms with Gasteiger partial charge in [-0.2, -0.15) is 0 Å². The molecule has 1 N–H and O–H groups in total. The highest BCUT2D eigenvalue weighted by Crippen LogP contribution is 2.27. The van der Waals surface area contributed by atoms with E-state index >= 15 is 0 Å². The maximum atomic E-state index is 5.95. The zero-order valence-electron chi connectivity index (χ0n) is 7.59. The minimum atomic E-state index is 0.247. The molecule has 0 aromatic heterocycles. The lowest BCUT2D eigenvalue weighted by atomic mass is 10.1. The lowest BCUT2D eigenvalue weighted by Gasteiger charge is -2.25. The van der Waals surface area contributed by atoms with E-state index in [0.29, 0.717) is 6.61 Å². The smallest absolute Gasteiger partial charge is 0.0662 e. The third-order valence-electron chi connectivity index (χ3n) is 2.26. The topological polar surface area (TPSA) is 21.3 Å². The molecule has 1 heterocycles. The summed E-state index contributed by atoms with van der Waals surface area (Å²) < 4.78 is 6.48. The van der Waals surface area contributed by atoms with Crippen molar-refractivity contribution in [2.24, 2.45) is 0 Å². The fraction of sp³-hybridized carbons (Fsp3) is 0.400. The van der Waals surface area contributed by atoms with E-state index in [0.717, 1.165) is 28.2 Å². The largest absolute Gasteiger partial charge is 0.378 e. The first kappa shape index (κ1) is 10.4. The van der Waals surface area contributed by atoms with Gasteiger partial charge < -0.3 is 10.1 Å². The second-order valence-corrected chi connectivity index (χ2v) is 4.54. The van der Waals surface area contributed by atoms with E-state index in [1.54, 1.807) is 0 Å². The molecule has 1 aliphatic rings. The summed E-state index contributed by atoms with van der Waals surface area (Å²) in [4.78, 5) is 0. The van der Waals surface area contributed by atoms with E-state index in [1.807, 2.05) is 18.2 Å². The van der Waals surface area contributed by atoms with Crippen LogP contribution in [0.5, 0.6) is 0 Å². The summed E-state index contributed by atoms with van der Waals surface area (Å²) in [5.41, 5.74) is 1.16. The first-order chi connectivity index (χ1) is 6.77. The van der Waals surface area contributed by atoms with E-state index in [-0.39, 0.29) is 6.04 Å². The van der Waals surface area contributed by atoms with Crippen molar-refractivity contribution in [3.63, 3.8) is 0 Å². The molecule has 4 heteroatoms. The Morgan fingerprint density at radius 2 is 2.36 bits per heavy atom. The van der Waals surface area contributed by atoms with Gasteiger partial charge in [0.15, 0.2) is 0 Å². The summed E-state index contributed by atoms with van der Waals surface area (Å²) >= 11 is 9.46. The molecule has 0 amide bonds. The Morgan fingerprint density at radius 1 is 1.50 bits per heavy atom. The summed E-state index contributed by atoms with van der Waals surface area (Å²) in [6, 6.07) is 6.06. The zero-order chi connectivity index (χ0) is 9.97. The lowest BCUT2D eigenvalue weighted by Crippen LogP contribution is -2.34. The van der Waals surface area contributed by atoms with Gasteiger partial charge in [0.2, 0.25) is 0 Å². The maximum Gasteiger partial charge on any atom is 0.0662 e. The van der Waals surface area contributed by atoms with E-state index in [4.69, 9.17) is 16.3 Å². The Morgan fingerprint density at radius 3 is 3.07 bits per heavy atom. The summed E-state index contributed by atoms with van der Waals surface area (Å²) in [6.07, 6.45) is 0. The molecule has 0 radical (unpaired) electrons. The molecular formula is C10H11BrClNO. The molecule has 14 heavy (non-hydrogen) atoms. The average Bonchev–Trinajstić information content (AvgIpc) is 2.23. The molecule has 2 nitrogen and oxygen atoms in total. The van der Waals surface area contributed by atoms with Crippen molar-refractivity contribution in [1.29, 1.82) is 0 Å². The Bertz CT molecular complexity index is 326. The molecule has 1 aromatic rings. The van der Waals surface area contributed by atoms with Gasteiger partial charge in [0, 0.05) is 16.0 Å². The van der Waals surface area contributed by atoms with Crippen LogP contribution in [-0.4, -0.2) is 19.8 Å². The number of morpholine rings is 1. The van der Waals surface area contributed by atoms with Gasteiger partial charge in [0.05, 0.1) is 19.3 Å². The van der Waals surface area contributed by atoms with Gasteiger partial charge in [0.1, 0.15) is 0 Å². The van der Waals surface area contributed by atoms with Crippen LogP contribution in [0, 0.1) is 0 Å². The Hall–Kier alpha value is -0.0900. The van der Waals surface area contributed by atoms with Crippen molar-refractivity contribution in [3.8, 4) is 0 Å². The standard InChI is InChI=1S/C10H11BrClNO/c11-9-2-1-7(12)5-8(9)10-6-14-4-3-13-10/h1-2,5,10,13H,3-4,6H2/t10-/m0/s1. The third kappa shape index (κ3) is 2.28. The molecule has 0 saturated carbocycles. The van der Waals surface area contributed by atoms with E-state index in [2.05, 4.69) is 21.2 Å². The number of ether oxygens (including phenoxy) is 1. The molecule has 0 unspecified atom stereocenters. The molecule has 1 fully saturated rings. The van der Waals surface area contributed by atoms with Crippen molar-refractivity contribution >= 4 is 27.5 Å². The summed E-state index contributed by atoms with van der Waals surface area (Å²) in [5, 5.41) is 4.15. The van der Waals surface area contributed by atoms with Gasteiger partial charge >= 0.3 is 0 Å². The van der Waals surface area contributed by atoms with Crippen LogP contribution < -0.4 is 5.32 Å². The highest BCUT2D eigenvalue weighted by molar-refractivity contribution is 9.10. The first-order valence-electron chi connectivity index (χ1n) is 4.53. The molecule has 0 bridgehead atoms. The molecule has 0 spiro atoms. The molecule has 0 aliphatic carbocycles. The lowest BCUT2D eigenvalue weighted by molar-refractivity contribution is 0.0767. The van der Waals surface area contributed by atoms with Gasteiger partial charge in [0.25, 0.3) is 0 Å². The Balaban J connectivity index is 2.24. The Labute approximate surface area is 96.7 Å². The summed E-state index contributed by atoms with van der Waals surface area (Å²) in [7, 11) is 0. The average molecular weight is 277 g/mol. The van der Waals surface area contributed by atoms with E-state index in [9.17, 15) is 0 Å². The minimum absolute atomic E-state index is 0.247. The van der Waals surface area contributed by atoms with Gasteiger partial charge in [-0.3, -0.25) is 0 Å². The molecule has 76 valence electrons. The van der Waals surface area contributed by atoms with Crippen molar-refractivity contribution in [2.75, 3.05) is 19.8 Å². The van der Waals surface area contributed by atoms with Crippen LogP contribution >= 0.6 is 27.5 Å². The molecule has 1 saturated heterocycles. The minimum Gasteiger partial charge on any atom is -0.378 e. The SMILES string of the molecule is Clc1ccc(Br)c([C@@H]2COCCN2)c1. The predicted octanol–water partition coefficient (Wildman–Crippen LogP) is 2.76. The van der Waals surface area contributed by atoms with Gasteiger partial charge in [-0.25, -0.2) is 0 Å². The fourth-order valence-electron chi connectivity index (χ4n) is 1.55. The molecule has 1 aromatic carbocycles. The van der Waals surface area contributed by atoms with Crippen LogP contribution in [0.3, 0.4) is 0 Å². The number of benzene rings is 1. The van der Waals surface area contributed by atoms with Gasteiger partial charge in [-0.05, 0) is 23.8 Å². The van der Waals surface area contributed by atoms with Crippen molar-refractivity contribution in [1.82, 2.24) is 5.32 Å². The first-order valence-corrected chi connectivity index (χ1v) is 5.70. The van der Waals surface area contributed by atoms with E-state index in [1.165, 1.54) is 0 Å². The van der Waals surface area contributed by atoms with Crippen LogP contribution in [0.4, 0.5) is 0 Å². The van der Waals surface area contributed by atoms with Crippen molar-refractivity contribution in [2.45, 2.75) is 6.04 Å². The van der Waals surface area contributed by atoms with Gasteiger partial charge in [-0.15, -0.1) is 0 Å². The van der Waals surface area contributed by atoms with E-state index < -0.39 is 0 Å². The summed E-state index contributed by atoms with van der Waals surface area (Å²) in [5.74, 6) is 0. The van der Waals surface area contributed by atoms with Crippen LogP contribution in [0.25, 0.3) is 0 Å². The second kappa shape index (κ2) is 4.62. The van der Waals surface area contributed by atoms with Crippen molar-refractivity contribution in [3.05, 3.63) is 33.3 Å². The number of halogens is 2. The number of hydrogen-bond acceptors (Lipinski definition) is 2. The van der Waals surface area contributed by atoms with Gasteiger partial charge in [-0.1, -0.05) is 27.5 Å². The molecule has 2 rings (SSSR count). The predicted molar refractivity (Wildman–Crippen MR) is 60.7 cm³/mol. The monoisotopic (exact) mass is 275 g/mol. The van der Waals surface area contributed by atoms with Crippen LogP contribution in [-0.2, 0) is 4.74 Å².